The van der Waals surface area contributed by atoms with Gasteiger partial charge in [0.25, 0.3) is 5.91 Å². The van der Waals surface area contributed by atoms with Gasteiger partial charge in [0.1, 0.15) is 5.75 Å². The van der Waals surface area contributed by atoms with Crippen LogP contribution in [0.3, 0.4) is 0 Å². The highest BCUT2D eigenvalue weighted by molar-refractivity contribution is 9.10. The number of ether oxygens (including phenoxy) is 2. The van der Waals surface area contributed by atoms with Crippen molar-refractivity contribution in [3.63, 3.8) is 0 Å². The molecule has 10 heteroatoms. The van der Waals surface area contributed by atoms with Crippen LogP contribution in [0.25, 0.3) is 0 Å². The van der Waals surface area contributed by atoms with E-state index in [1.54, 1.807) is 20.8 Å². The summed E-state index contributed by atoms with van der Waals surface area (Å²) in [6, 6.07) is 0.0600. The van der Waals surface area contributed by atoms with E-state index in [1.165, 1.54) is 20.3 Å². The summed E-state index contributed by atoms with van der Waals surface area (Å²) in [5, 5.41) is 3.96. The molecule has 0 bridgehead atoms. The fourth-order valence-electron chi connectivity index (χ4n) is 2.20. The molecule has 2 N–H and O–H groups in total. The minimum atomic E-state index is -4.79. The minimum Gasteiger partial charge on any atom is -0.504 e. The molecule has 27 heavy (non-hydrogen) atoms. The molecule has 0 aliphatic heterocycles. The Bertz CT molecular complexity index is 756. The van der Waals surface area contributed by atoms with Crippen molar-refractivity contribution in [1.82, 2.24) is 5.32 Å². The van der Waals surface area contributed by atoms with Crippen LogP contribution >= 0.6 is 15.9 Å². The van der Waals surface area contributed by atoms with Gasteiger partial charge in [-0.2, -0.15) is 13.2 Å². The molecule has 0 heterocycles. The van der Waals surface area contributed by atoms with E-state index in [1.807, 2.05) is 5.32 Å². The summed E-state index contributed by atoms with van der Waals surface area (Å²) in [4.78, 5) is 23.4. The average Bonchev–Trinajstić information content (AvgIpc) is 2.50. The van der Waals surface area contributed by atoms with Gasteiger partial charge < -0.3 is 14.8 Å². The topological polar surface area (TPSA) is 76.7 Å². The Morgan fingerprint density at radius 1 is 1.19 bits per heavy atom. The molecule has 6 nitrogen and oxygen atoms in total. The summed E-state index contributed by atoms with van der Waals surface area (Å²) >= 11 is 2.94. The molecule has 0 aliphatic carbocycles. The van der Waals surface area contributed by atoms with Crippen LogP contribution in [0.5, 0.6) is 5.75 Å². The first-order valence-corrected chi connectivity index (χ1v) is 8.41. The van der Waals surface area contributed by atoms with Crippen molar-refractivity contribution in [2.45, 2.75) is 32.4 Å². The molecule has 1 rings (SSSR count). The summed E-state index contributed by atoms with van der Waals surface area (Å²) in [6.07, 6.45) is -2.86. The van der Waals surface area contributed by atoms with E-state index in [9.17, 15) is 22.8 Å². The van der Waals surface area contributed by atoms with Crippen molar-refractivity contribution in [1.29, 1.82) is 0 Å². The lowest BCUT2D eigenvalue weighted by atomic mass is 9.85. The number of anilines is 1. The van der Waals surface area contributed by atoms with Gasteiger partial charge in [-0.1, -0.05) is 20.8 Å². The van der Waals surface area contributed by atoms with E-state index in [2.05, 4.69) is 26.0 Å². The first-order chi connectivity index (χ1) is 12.3. The predicted octanol–water partition coefficient (Wildman–Crippen LogP) is 4.58. The lowest BCUT2D eigenvalue weighted by Crippen LogP contribution is -2.34. The highest BCUT2D eigenvalue weighted by Gasteiger charge is 2.40. The van der Waals surface area contributed by atoms with Gasteiger partial charge in [0.15, 0.2) is 0 Å². The Morgan fingerprint density at radius 2 is 1.78 bits per heavy atom. The molecule has 1 aromatic rings. The van der Waals surface area contributed by atoms with Gasteiger partial charge in [-0.15, -0.1) is 0 Å². The minimum absolute atomic E-state index is 0.0138. The Labute approximate surface area is 163 Å². The lowest BCUT2D eigenvalue weighted by molar-refractivity contribution is -0.137. The van der Waals surface area contributed by atoms with E-state index >= 15 is 0 Å². The number of carbonyl (C=O) groups excluding carboxylic acids is 2. The molecule has 150 valence electrons. The average molecular weight is 453 g/mol. The Morgan fingerprint density at radius 3 is 2.22 bits per heavy atom. The van der Waals surface area contributed by atoms with Crippen LogP contribution in [0.4, 0.5) is 23.7 Å². The summed E-state index contributed by atoms with van der Waals surface area (Å²) in [5.41, 5.74) is -1.78. The van der Waals surface area contributed by atoms with Gasteiger partial charge in [-0.05, 0) is 27.4 Å². The molecular formula is C17H20BrF3N2O4. The molecule has 0 aliphatic rings. The van der Waals surface area contributed by atoms with Crippen molar-refractivity contribution in [2.24, 2.45) is 0 Å². The second kappa shape index (κ2) is 8.64. The van der Waals surface area contributed by atoms with E-state index in [-0.39, 0.29) is 10.2 Å². The largest absolute Gasteiger partial charge is 0.504 e. The number of urea groups is 1. The standard InChI is InChI=1S/C17H20BrF3N2O4/c1-16(2,3)9-8-10(22-15(25)23-11(24)6-7-26-4)12(17(19,20)21)13(18)14(9)27-5/h6-8H,1-5H3,(H2,22,23,24,25)/b7-6+. The number of hydrogen-bond donors (Lipinski definition) is 2. The molecule has 0 saturated heterocycles. The number of benzene rings is 1. The van der Waals surface area contributed by atoms with Gasteiger partial charge in [0, 0.05) is 11.6 Å². The SMILES string of the molecule is CO/C=C/C(=O)NC(=O)Nc1cc(C(C)(C)C)c(OC)c(Br)c1C(F)(F)F. The third-order valence-corrected chi connectivity index (χ3v) is 4.11. The molecule has 0 saturated carbocycles. The molecule has 0 aromatic heterocycles. The van der Waals surface area contributed by atoms with Crippen LogP contribution in [0, 0.1) is 0 Å². The monoisotopic (exact) mass is 452 g/mol. The van der Waals surface area contributed by atoms with Crippen LogP contribution in [-0.4, -0.2) is 26.2 Å². The van der Waals surface area contributed by atoms with Crippen molar-refractivity contribution >= 4 is 33.6 Å². The van der Waals surface area contributed by atoms with Gasteiger partial charge in [-0.25, -0.2) is 4.79 Å². The second-order valence-corrected chi connectivity index (χ2v) is 7.22. The van der Waals surface area contributed by atoms with E-state index < -0.39 is 34.8 Å². The second-order valence-electron chi connectivity index (χ2n) is 6.42. The maximum absolute atomic E-state index is 13.6. The molecule has 1 aromatic carbocycles. The van der Waals surface area contributed by atoms with Crippen molar-refractivity contribution in [3.8, 4) is 5.75 Å². The maximum Gasteiger partial charge on any atom is 0.419 e. The zero-order chi connectivity index (χ0) is 21.0. The zero-order valence-electron chi connectivity index (χ0n) is 15.4. The van der Waals surface area contributed by atoms with Crippen LogP contribution in [0.2, 0.25) is 0 Å². The van der Waals surface area contributed by atoms with Gasteiger partial charge in [0.2, 0.25) is 0 Å². The Hall–Kier alpha value is -2.23. The summed E-state index contributed by atoms with van der Waals surface area (Å²) < 4.78 is 50.1. The van der Waals surface area contributed by atoms with Crippen LogP contribution in [-0.2, 0) is 21.1 Å². The van der Waals surface area contributed by atoms with Crippen LogP contribution in [0.1, 0.15) is 31.9 Å². The Balaban J connectivity index is 3.43. The molecule has 3 amide bonds. The van der Waals surface area contributed by atoms with E-state index in [0.29, 0.717) is 5.56 Å². The third-order valence-electron chi connectivity index (χ3n) is 3.36. The highest BCUT2D eigenvalue weighted by Crippen LogP contribution is 2.48. The van der Waals surface area contributed by atoms with Gasteiger partial charge in [0.05, 0.1) is 36.2 Å². The van der Waals surface area contributed by atoms with Crippen molar-refractivity contribution in [3.05, 3.63) is 34.0 Å². The highest BCUT2D eigenvalue weighted by atomic mass is 79.9. The van der Waals surface area contributed by atoms with E-state index in [4.69, 9.17) is 4.74 Å². The molecule has 0 unspecified atom stereocenters. The number of alkyl halides is 3. The summed E-state index contributed by atoms with van der Waals surface area (Å²) in [6.45, 7) is 5.36. The maximum atomic E-state index is 13.6. The number of imide groups is 1. The van der Waals surface area contributed by atoms with Crippen molar-refractivity contribution < 1.29 is 32.2 Å². The Kier molecular flexibility index (Phi) is 7.30. The van der Waals surface area contributed by atoms with Gasteiger partial charge >= 0.3 is 12.2 Å². The predicted molar refractivity (Wildman–Crippen MR) is 97.7 cm³/mol. The first kappa shape index (κ1) is 22.8. The summed E-state index contributed by atoms with van der Waals surface area (Å²) in [7, 11) is 2.55. The molecular weight excluding hydrogens is 433 g/mol. The van der Waals surface area contributed by atoms with Crippen LogP contribution in [0.15, 0.2) is 22.9 Å². The fraction of sp³-hybridized carbons (Fsp3) is 0.412. The number of carbonyl (C=O) groups is 2. The van der Waals surface area contributed by atoms with Gasteiger partial charge in [-0.3, -0.25) is 10.1 Å². The first-order valence-electron chi connectivity index (χ1n) is 7.62. The number of hydrogen-bond acceptors (Lipinski definition) is 4. The number of rotatable bonds is 4. The van der Waals surface area contributed by atoms with E-state index in [0.717, 1.165) is 12.3 Å². The smallest absolute Gasteiger partial charge is 0.419 e. The van der Waals surface area contributed by atoms with Crippen LogP contribution < -0.4 is 15.4 Å². The normalized spacial score (nSPS) is 12.0. The quantitative estimate of drug-likeness (QED) is 0.517. The number of halogens is 4. The number of amides is 3. The third kappa shape index (κ3) is 5.88. The zero-order valence-corrected chi connectivity index (χ0v) is 17.0. The number of methoxy groups -OCH3 is 2. The number of nitrogens with one attached hydrogen (secondary N) is 2. The summed E-state index contributed by atoms with van der Waals surface area (Å²) in [5.74, 6) is -0.841. The molecule has 0 spiro atoms. The lowest BCUT2D eigenvalue weighted by Gasteiger charge is -2.26. The fourth-order valence-corrected chi connectivity index (χ4v) is 3.02. The molecule has 0 fully saturated rings. The van der Waals surface area contributed by atoms with Crippen molar-refractivity contribution in [2.75, 3.05) is 19.5 Å². The molecule has 0 atom stereocenters. The molecule has 0 radical (unpaired) electrons.